The summed E-state index contributed by atoms with van der Waals surface area (Å²) in [5.74, 6) is -1.88. The number of hydrogen-bond donors (Lipinski definition) is 1. The Labute approximate surface area is 216 Å². The van der Waals surface area contributed by atoms with Gasteiger partial charge in [0, 0.05) is 0 Å². The number of hydrogen-bond acceptors (Lipinski definition) is 1. The SMILES string of the molecule is NC(=O)C12CCC(C[CH]1[Hf]([Cl])([Cl])([CH]1C=Cc3ccccc31)[SiH](c1ccccc1)c1ccccc1)C2. The van der Waals surface area contributed by atoms with Crippen molar-refractivity contribution in [1.82, 2.24) is 0 Å². The van der Waals surface area contributed by atoms with Crippen molar-refractivity contribution in [3.05, 3.63) is 102 Å². The predicted octanol–water partition coefficient (Wildman–Crippen LogP) is 5.75. The number of fused-ring (bicyclic) bond motifs is 3. The zero-order chi connectivity index (χ0) is 24.3. The Balaban J connectivity index is 1.67. The molecule has 35 heavy (non-hydrogen) atoms. The molecule has 3 aliphatic carbocycles. The zero-order valence-corrected chi connectivity index (χ0v) is 25.9. The molecule has 0 radical (unpaired) electrons. The Hall–Kier alpha value is -1.46. The van der Waals surface area contributed by atoms with Gasteiger partial charge in [0.1, 0.15) is 0 Å². The van der Waals surface area contributed by atoms with E-state index in [1.807, 2.05) is 0 Å². The molecule has 0 heterocycles. The van der Waals surface area contributed by atoms with E-state index in [1.54, 1.807) is 0 Å². The monoisotopic (exact) mass is 686 g/mol. The summed E-state index contributed by atoms with van der Waals surface area (Å²) in [6, 6.07) is 29.9. The fourth-order valence-corrected chi connectivity index (χ4v) is 78.4. The van der Waals surface area contributed by atoms with Gasteiger partial charge in [0.2, 0.25) is 0 Å². The van der Waals surface area contributed by atoms with Crippen LogP contribution in [0.1, 0.15) is 40.5 Å². The molecule has 2 fully saturated rings. The first-order valence-electron chi connectivity index (χ1n) is 12.6. The molecule has 0 aliphatic heterocycles. The molecule has 2 bridgehead atoms. The van der Waals surface area contributed by atoms with Crippen molar-refractivity contribution >= 4 is 45.5 Å². The topological polar surface area (TPSA) is 43.1 Å². The fourth-order valence-electron chi connectivity index (χ4n) is 7.85. The summed E-state index contributed by atoms with van der Waals surface area (Å²) in [6.45, 7) is 0. The molecule has 0 saturated heterocycles. The van der Waals surface area contributed by atoms with Gasteiger partial charge in [0.15, 0.2) is 0 Å². The number of carbonyl (C=O) groups excluding carboxylic acids is 1. The third-order valence-electron chi connectivity index (χ3n) is 9.26. The summed E-state index contributed by atoms with van der Waals surface area (Å²) in [5, 5.41) is 2.55. The number of amides is 1. The summed E-state index contributed by atoms with van der Waals surface area (Å²) in [6.07, 6.45) is 8.15. The van der Waals surface area contributed by atoms with Crippen LogP contribution in [0.4, 0.5) is 0 Å². The van der Waals surface area contributed by atoms with Crippen molar-refractivity contribution in [2.24, 2.45) is 17.1 Å². The Kier molecular flexibility index (Phi) is 5.84. The second-order valence-electron chi connectivity index (χ2n) is 10.9. The molecule has 2 N–H and O–H groups in total. The van der Waals surface area contributed by atoms with Gasteiger partial charge in [-0.15, -0.1) is 0 Å². The number of carbonyl (C=O) groups is 1. The Bertz CT molecular complexity index is 1280. The summed E-state index contributed by atoms with van der Waals surface area (Å²) in [5.41, 5.74) is 8.12. The average molecular weight is 686 g/mol. The molecule has 0 aromatic heterocycles. The Morgan fingerprint density at radius 1 is 0.914 bits per heavy atom. The third kappa shape index (κ3) is 3.47. The van der Waals surface area contributed by atoms with Crippen molar-refractivity contribution in [1.29, 1.82) is 0 Å². The number of rotatable bonds is 6. The maximum atomic E-state index is 13.3. The molecule has 179 valence electrons. The second kappa shape index (κ2) is 8.55. The maximum absolute atomic E-state index is 13.3. The van der Waals surface area contributed by atoms with E-state index < -0.39 is 26.7 Å². The molecule has 4 unspecified atom stereocenters. The third-order valence-corrected chi connectivity index (χ3v) is 70.3. The predicted molar refractivity (Wildman–Crippen MR) is 147 cm³/mol. The van der Waals surface area contributed by atoms with Crippen molar-refractivity contribution < 1.29 is 20.1 Å². The fraction of sp³-hybridized carbons (Fsp3) is 0.276. The molecule has 0 spiro atoms. The molecule has 3 aromatic carbocycles. The first-order valence-corrected chi connectivity index (χ1v) is 33.6. The van der Waals surface area contributed by atoms with Crippen molar-refractivity contribution in [2.45, 2.75) is 33.0 Å². The van der Waals surface area contributed by atoms with E-state index in [9.17, 15) is 4.79 Å². The molecule has 3 aromatic rings. The van der Waals surface area contributed by atoms with Gasteiger partial charge in [-0.25, -0.2) is 0 Å². The number of allylic oxidation sites excluding steroid dienone is 1. The molecule has 6 heteroatoms. The van der Waals surface area contributed by atoms with E-state index in [4.69, 9.17) is 22.9 Å². The normalized spacial score (nSPS) is 28.1. The van der Waals surface area contributed by atoms with E-state index in [0.29, 0.717) is 5.92 Å². The van der Waals surface area contributed by atoms with Gasteiger partial charge in [-0.3, -0.25) is 0 Å². The molecular formula is C29H30Cl2HfNOSi. The number of primary amides is 1. The first kappa shape index (κ1) is 23.9. The van der Waals surface area contributed by atoms with Crippen LogP contribution < -0.4 is 16.1 Å². The van der Waals surface area contributed by atoms with Gasteiger partial charge in [-0.2, -0.15) is 0 Å². The molecule has 6 rings (SSSR count). The van der Waals surface area contributed by atoms with Crippen LogP contribution in [0, 0.1) is 11.3 Å². The minimum atomic E-state index is -5.21. The zero-order valence-electron chi connectivity index (χ0n) is 19.6. The number of benzene rings is 3. The van der Waals surface area contributed by atoms with Crippen LogP contribution in [0.2, 0.25) is 3.67 Å². The standard InChI is InChI=1S/C12H11Si.C9H7.C8H12NO.2ClH.Hf/c1-3-7-11(8-4-1)13-12-9-5-2-6-10-12;1-2-5-9-7-3-6-8(9)4-1;9-7(10)8-3-1-6(5-8)2-4-8;;;/h1-10,13H;1-7H;3,6H,1-2,4-5H2,(H2,9,10);2*1H;/q;;;;;+2/p-2. The molecule has 2 nitrogen and oxygen atoms in total. The van der Waals surface area contributed by atoms with Gasteiger partial charge in [0.25, 0.3) is 0 Å². The summed E-state index contributed by atoms with van der Waals surface area (Å²) >= 11 is -5.21. The molecule has 2 saturated carbocycles. The number of halogens is 2. The van der Waals surface area contributed by atoms with Crippen molar-refractivity contribution in [3.63, 3.8) is 0 Å². The van der Waals surface area contributed by atoms with Crippen LogP contribution in [0.15, 0.2) is 91.0 Å². The van der Waals surface area contributed by atoms with E-state index >= 15 is 0 Å². The van der Waals surface area contributed by atoms with Gasteiger partial charge in [-0.05, 0) is 0 Å². The molecule has 4 atom stereocenters. The van der Waals surface area contributed by atoms with Crippen LogP contribution in [0.25, 0.3) is 6.08 Å². The first-order chi connectivity index (χ1) is 16.8. The summed E-state index contributed by atoms with van der Waals surface area (Å²) in [7, 11) is 17.0. The van der Waals surface area contributed by atoms with Gasteiger partial charge in [-0.1, -0.05) is 0 Å². The second-order valence-corrected chi connectivity index (χ2v) is 64.4. The van der Waals surface area contributed by atoms with Crippen LogP contribution in [0.3, 0.4) is 0 Å². The van der Waals surface area contributed by atoms with Crippen LogP contribution in [0.5, 0.6) is 0 Å². The Morgan fingerprint density at radius 3 is 2.11 bits per heavy atom. The molecule has 1 amide bonds. The van der Waals surface area contributed by atoms with E-state index in [-0.39, 0.29) is 13.3 Å². The van der Waals surface area contributed by atoms with Crippen LogP contribution >= 0.6 is 17.2 Å². The molecular weight excluding hydrogens is 656 g/mol. The van der Waals surface area contributed by atoms with E-state index in [2.05, 4.69) is 97.1 Å². The van der Waals surface area contributed by atoms with E-state index in [0.717, 1.165) is 25.7 Å². The minimum absolute atomic E-state index is 0.0167. The summed E-state index contributed by atoms with van der Waals surface area (Å²) in [4.78, 5) is 13.3. The van der Waals surface area contributed by atoms with Crippen molar-refractivity contribution in [3.8, 4) is 0 Å². The quantitative estimate of drug-likeness (QED) is 0.330. The number of nitrogens with two attached hydrogens (primary N) is 1. The van der Waals surface area contributed by atoms with Gasteiger partial charge in [0.05, 0.1) is 0 Å². The van der Waals surface area contributed by atoms with Crippen LogP contribution in [-0.2, 0) is 20.1 Å². The average Bonchev–Trinajstić information content (AvgIpc) is 3.60. The van der Waals surface area contributed by atoms with Crippen LogP contribution in [-0.4, -0.2) is 11.9 Å². The van der Waals surface area contributed by atoms with Gasteiger partial charge >= 0.3 is 218 Å². The van der Waals surface area contributed by atoms with E-state index in [1.165, 1.54) is 21.5 Å². The molecule has 3 aliphatic rings. The van der Waals surface area contributed by atoms with Gasteiger partial charge < -0.3 is 0 Å². The van der Waals surface area contributed by atoms with Crippen molar-refractivity contribution in [2.75, 3.05) is 0 Å². The summed E-state index contributed by atoms with van der Waals surface area (Å²) < 4.78 is -0.0406. The Morgan fingerprint density at radius 2 is 1.51 bits per heavy atom.